The first-order valence-corrected chi connectivity index (χ1v) is 7.75. The van der Waals surface area contributed by atoms with Crippen molar-refractivity contribution in [2.45, 2.75) is 37.3 Å². The zero-order valence-corrected chi connectivity index (χ0v) is 11.7. The van der Waals surface area contributed by atoms with Crippen molar-refractivity contribution in [1.82, 2.24) is 0 Å². The van der Waals surface area contributed by atoms with Crippen LogP contribution in [0.5, 0.6) is 0 Å². The average Bonchev–Trinajstić information content (AvgIpc) is 3.04. The number of rotatable bonds is 4. The Balaban J connectivity index is 2.33. The summed E-state index contributed by atoms with van der Waals surface area (Å²) in [6.45, 7) is 5.34. The Hall–Kier alpha value is -1.16. The maximum Gasteiger partial charge on any atom is 0.182 e. The number of carbonyl (C=O) groups is 1. The van der Waals surface area contributed by atoms with Gasteiger partial charge < -0.3 is 0 Å². The fraction of sp³-hybridized carbons (Fsp3) is 0.500. The third kappa shape index (κ3) is 2.09. The van der Waals surface area contributed by atoms with Gasteiger partial charge in [0.15, 0.2) is 9.84 Å². The summed E-state index contributed by atoms with van der Waals surface area (Å²) in [6.07, 6.45) is 0.736. The summed E-state index contributed by atoms with van der Waals surface area (Å²) >= 11 is 0. The Morgan fingerprint density at radius 1 is 1.22 bits per heavy atom. The Kier molecular flexibility index (Phi) is 3.32. The smallest absolute Gasteiger partial charge is 0.182 e. The molecule has 1 fully saturated rings. The lowest BCUT2D eigenvalue weighted by Gasteiger charge is -2.04. The van der Waals surface area contributed by atoms with Crippen molar-refractivity contribution < 1.29 is 13.2 Å². The van der Waals surface area contributed by atoms with E-state index in [1.54, 1.807) is 24.3 Å². The fourth-order valence-electron chi connectivity index (χ4n) is 2.67. The summed E-state index contributed by atoms with van der Waals surface area (Å²) in [7, 11) is -3.36. The minimum Gasteiger partial charge on any atom is -0.300 e. The molecule has 3 atom stereocenters. The molecule has 1 aliphatic carbocycles. The predicted octanol–water partition coefficient (Wildman–Crippen LogP) is 2.38. The molecule has 1 aliphatic rings. The topological polar surface area (TPSA) is 51.2 Å². The lowest BCUT2D eigenvalue weighted by Crippen LogP contribution is -2.12. The first kappa shape index (κ1) is 13.3. The van der Waals surface area contributed by atoms with Crippen LogP contribution < -0.4 is 0 Å². The highest BCUT2D eigenvalue weighted by molar-refractivity contribution is 7.92. The number of carbonyl (C=O) groups excluding carboxylic acids is 1. The molecule has 0 unspecified atom stereocenters. The highest BCUT2D eigenvalue weighted by atomic mass is 32.2. The van der Waals surface area contributed by atoms with E-state index in [0.717, 1.165) is 12.0 Å². The quantitative estimate of drug-likeness (QED) is 0.840. The number of sulfone groups is 1. The van der Waals surface area contributed by atoms with Gasteiger partial charge in [-0.3, -0.25) is 4.79 Å². The number of aryl methyl sites for hydroxylation is 1. The second kappa shape index (κ2) is 4.50. The van der Waals surface area contributed by atoms with Crippen LogP contribution >= 0.6 is 0 Å². The molecule has 0 bridgehead atoms. The van der Waals surface area contributed by atoms with E-state index in [1.807, 2.05) is 13.8 Å². The molecular weight excluding hydrogens is 248 g/mol. The molecule has 0 aliphatic heterocycles. The monoisotopic (exact) mass is 266 g/mol. The zero-order chi connectivity index (χ0) is 13.5. The number of Topliss-reactive ketones (excluding diaryl/α,β-unsaturated/α-hetero) is 1. The molecule has 0 aromatic heterocycles. The molecule has 1 aromatic rings. The van der Waals surface area contributed by atoms with Crippen LogP contribution in [0.4, 0.5) is 0 Å². The van der Waals surface area contributed by atoms with Gasteiger partial charge in [-0.1, -0.05) is 31.0 Å². The summed E-state index contributed by atoms with van der Waals surface area (Å²) in [5.74, 6) is -0.322. The molecule has 1 aromatic carbocycles. The van der Waals surface area contributed by atoms with Gasteiger partial charge in [0.25, 0.3) is 0 Å². The molecule has 18 heavy (non-hydrogen) atoms. The molecule has 2 rings (SSSR count). The molecule has 0 radical (unpaired) electrons. The highest BCUT2D eigenvalue weighted by Gasteiger charge is 2.59. The fourth-order valence-corrected chi connectivity index (χ4v) is 5.01. The minimum absolute atomic E-state index is 0.00574. The van der Waals surface area contributed by atoms with Gasteiger partial charge in [-0.15, -0.1) is 0 Å². The van der Waals surface area contributed by atoms with E-state index in [-0.39, 0.29) is 17.6 Å². The summed E-state index contributed by atoms with van der Waals surface area (Å²) in [5, 5.41) is -0.511. The van der Waals surface area contributed by atoms with Crippen molar-refractivity contribution in [3.8, 4) is 0 Å². The van der Waals surface area contributed by atoms with Gasteiger partial charge in [-0.05, 0) is 31.9 Å². The Morgan fingerprint density at radius 2 is 1.78 bits per heavy atom. The molecule has 98 valence electrons. The van der Waals surface area contributed by atoms with E-state index in [4.69, 9.17) is 0 Å². The number of hydrogen-bond acceptors (Lipinski definition) is 3. The standard InChI is InChI=1S/C14H18O3S/c1-4-12-13(10(3)15)14(12)18(16,17)11-7-5-9(2)6-8-11/h5-8,12-14H,4H2,1-3H3/t12-,13-,14+/m0/s1. The second-order valence-corrected chi connectivity index (χ2v) is 7.14. The summed E-state index contributed by atoms with van der Waals surface area (Å²) < 4.78 is 24.9. The second-order valence-electron chi connectivity index (χ2n) is 5.03. The molecule has 0 spiro atoms. The molecular formula is C14H18O3S. The first-order chi connectivity index (χ1) is 8.39. The van der Waals surface area contributed by atoms with Gasteiger partial charge in [0.05, 0.1) is 10.1 Å². The van der Waals surface area contributed by atoms with Crippen LogP contribution in [0.25, 0.3) is 0 Å². The van der Waals surface area contributed by atoms with Gasteiger partial charge in [-0.25, -0.2) is 8.42 Å². The number of hydrogen-bond donors (Lipinski definition) is 0. The number of ketones is 1. The Bertz CT molecular complexity index is 557. The third-order valence-corrected chi connectivity index (χ3v) is 6.03. The van der Waals surface area contributed by atoms with Crippen molar-refractivity contribution in [2.24, 2.45) is 11.8 Å². The molecule has 4 heteroatoms. The van der Waals surface area contributed by atoms with Gasteiger partial charge in [0.1, 0.15) is 5.78 Å². The van der Waals surface area contributed by atoms with Crippen molar-refractivity contribution in [2.75, 3.05) is 0 Å². The van der Waals surface area contributed by atoms with Crippen molar-refractivity contribution in [3.05, 3.63) is 29.8 Å². The predicted molar refractivity (Wildman–Crippen MR) is 70.1 cm³/mol. The number of benzene rings is 1. The average molecular weight is 266 g/mol. The lowest BCUT2D eigenvalue weighted by atomic mass is 10.2. The van der Waals surface area contributed by atoms with Crippen LogP contribution in [0.2, 0.25) is 0 Å². The molecule has 1 saturated carbocycles. The van der Waals surface area contributed by atoms with Crippen LogP contribution in [0.1, 0.15) is 25.8 Å². The van der Waals surface area contributed by atoms with E-state index in [0.29, 0.717) is 4.90 Å². The Morgan fingerprint density at radius 3 is 2.17 bits per heavy atom. The van der Waals surface area contributed by atoms with Gasteiger partial charge in [0.2, 0.25) is 0 Å². The minimum atomic E-state index is -3.36. The summed E-state index contributed by atoms with van der Waals surface area (Å²) in [5.41, 5.74) is 1.03. The highest BCUT2D eigenvalue weighted by Crippen LogP contribution is 2.49. The van der Waals surface area contributed by atoms with E-state index < -0.39 is 15.1 Å². The molecule has 0 N–H and O–H groups in total. The SMILES string of the molecule is CC[C@H]1[C@H](C(C)=O)[C@@H]1S(=O)(=O)c1ccc(C)cc1. The molecule has 0 heterocycles. The van der Waals surface area contributed by atoms with E-state index >= 15 is 0 Å². The first-order valence-electron chi connectivity index (χ1n) is 6.20. The summed E-state index contributed by atoms with van der Waals surface area (Å²) in [6, 6.07) is 6.85. The van der Waals surface area contributed by atoms with Crippen molar-refractivity contribution in [3.63, 3.8) is 0 Å². The Labute approximate surface area is 108 Å². The van der Waals surface area contributed by atoms with Crippen molar-refractivity contribution >= 4 is 15.6 Å². The van der Waals surface area contributed by atoms with Crippen LogP contribution in [0.15, 0.2) is 29.2 Å². The van der Waals surface area contributed by atoms with Gasteiger partial charge in [-0.2, -0.15) is 0 Å². The van der Waals surface area contributed by atoms with Crippen LogP contribution in [0.3, 0.4) is 0 Å². The normalized spacial score (nSPS) is 26.9. The molecule has 0 amide bonds. The van der Waals surface area contributed by atoms with Crippen LogP contribution in [0, 0.1) is 18.8 Å². The summed E-state index contributed by atoms with van der Waals surface area (Å²) in [4.78, 5) is 11.8. The van der Waals surface area contributed by atoms with E-state index in [2.05, 4.69) is 0 Å². The van der Waals surface area contributed by atoms with Crippen LogP contribution in [-0.2, 0) is 14.6 Å². The van der Waals surface area contributed by atoms with Gasteiger partial charge >= 0.3 is 0 Å². The van der Waals surface area contributed by atoms with Crippen molar-refractivity contribution in [1.29, 1.82) is 0 Å². The van der Waals surface area contributed by atoms with E-state index in [1.165, 1.54) is 6.92 Å². The third-order valence-electron chi connectivity index (χ3n) is 3.74. The maximum absolute atomic E-state index is 12.4. The van der Waals surface area contributed by atoms with E-state index in [9.17, 15) is 13.2 Å². The molecule has 0 saturated heterocycles. The largest absolute Gasteiger partial charge is 0.300 e. The zero-order valence-electron chi connectivity index (χ0n) is 10.9. The lowest BCUT2D eigenvalue weighted by molar-refractivity contribution is -0.118. The van der Waals surface area contributed by atoms with Gasteiger partial charge in [0, 0.05) is 5.92 Å². The van der Waals surface area contributed by atoms with Crippen LogP contribution in [-0.4, -0.2) is 19.5 Å². The molecule has 3 nitrogen and oxygen atoms in total. The maximum atomic E-state index is 12.4.